The third-order valence-corrected chi connectivity index (χ3v) is 4.80. The Balaban J connectivity index is 1.75. The molecule has 0 bridgehead atoms. The summed E-state index contributed by atoms with van der Waals surface area (Å²) < 4.78 is 32.7. The summed E-state index contributed by atoms with van der Waals surface area (Å²) >= 11 is 0. The van der Waals surface area contributed by atoms with Crippen LogP contribution in [0.2, 0.25) is 0 Å². The second-order valence-electron chi connectivity index (χ2n) is 6.15. The number of nitrogens with zero attached hydrogens (tertiary/aromatic N) is 4. The number of hydrogen-bond acceptors (Lipinski definition) is 6. The quantitative estimate of drug-likeness (QED) is 0.747. The van der Waals surface area contributed by atoms with Gasteiger partial charge < -0.3 is 9.64 Å². The number of benzene rings is 1. The summed E-state index contributed by atoms with van der Waals surface area (Å²) in [6.45, 7) is 3.00. The van der Waals surface area contributed by atoms with Gasteiger partial charge >= 0.3 is 0 Å². The molecule has 1 fully saturated rings. The molecule has 8 nitrogen and oxygen atoms in total. The minimum absolute atomic E-state index is 0.508. The SMILES string of the molecule is CS(=O)(=O)Nc1cccc(-c2cnn3c(N4CCOCC4)ccnc23)c1. The predicted molar refractivity (Wildman–Crippen MR) is 99.9 cm³/mol. The van der Waals surface area contributed by atoms with Gasteiger partial charge in [0.25, 0.3) is 0 Å². The van der Waals surface area contributed by atoms with Gasteiger partial charge in [0.1, 0.15) is 5.82 Å². The summed E-state index contributed by atoms with van der Waals surface area (Å²) in [7, 11) is -3.33. The van der Waals surface area contributed by atoms with Crippen LogP contribution in [0.4, 0.5) is 11.5 Å². The Kier molecular flexibility index (Phi) is 4.25. The molecule has 0 aliphatic carbocycles. The Hall–Kier alpha value is -2.65. The maximum absolute atomic E-state index is 11.5. The molecule has 0 spiro atoms. The molecular formula is C17H19N5O3S. The second kappa shape index (κ2) is 6.58. The first-order valence-corrected chi connectivity index (χ1v) is 10.1. The van der Waals surface area contributed by atoms with Gasteiger partial charge in [0.2, 0.25) is 10.0 Å². The van der Waals surface area contributed by atoms with E-state index in [4.69, 9.17) is 4.74 Å². The summed E-state index contributed by atoms with van der Waals surface area (Å²) in [4.78, 5) is 6.70. The topological polar surface area (TPSA) is 88.8 Å². The zero-order chi connectivity index (χ0) is 18.1. The third kappa shape index (κ3) is 3.35. The number of morpholine rings is 1. The van der Waals surface area contributed by atoms with Crippen LogP contribution < -0.4 is 9.62 Å². The smallest absolute Gasteiger partial charge is 0.229 e. The second-order valence-corrected chi connectivity index (χ2v) is 7.90. The molecular weight excluding hydrogens is 354 g/mol. The number of ether oxygens (including phenoxy) is 1. The lowest BCUT2D eigenvalue weighted by atomic mass is 10.1. The van der Waals surface area contributed by atoms with E-state index < -0.39 is 10.0 Å². The van der Waals surface area contributed by atoms with Crippen LogP contribution >= 0.6 is 0 Å². The molecule has 2 aromatic heterocycles. The first-order valence-electron chi connectivity index (χ1n) is 8.25. The van der Waals surface area contributed by atoms with E-state index in [0.717, 1.165) is 41.9 Å². The average molecular weight is 373 g/mol. The average Bonchev–Trinajstić information content (AvgIpc) is 3.05. The Morgan fingerprint density at radius 3 is 2.77 bits per heavy atom. The first-order chi connectivity index (χ1) is 12.5. The number of nitrogens with one attached hydrogen (secondary N) is 1. The summed E-state index contributed by atoms with van der Waals surface area (Å²) in [6, 6.07) is 9.15. The largest absolute Gasteiger partial charge is 0.378 e. The van der Waals surface area contributed by atoms with Gasteiger partial charge in [0, 0.05) is 30.5 Å². The van der Waals surface area contributed by atoms with Gasteiger partial charge in [-0.05, 0) is 23.8 Å². The summed E-state index contributed by atoms with van der Waals surface area (Å²) in [6.07, 6.45) is 4.65. The molecule has 3 heterocycles. The van der Waals surface area contributed by atoms with Gasteiger partial charge in [-0.15, -0.1) is 0 Å². The van der Waals surface area contributed by atoms with Crippen molar-refractivity contribution in [1.29, 1.82) is 0 Å². The first kappa shape index (κ1) is 16.8. The molecule has 1 saturated heterocycles. The Bertz CT molecular complexity index is 1040. The van der Waals surface area contributed by atoms with E-state index in [2.05, 4.69) is 19.7 Å². The number of anilines is 2. The molecule has 0 atom stereocenters. The van der Waals surface area contributed by atoms with Crippen molar-refractivity contribution in [2.24, 2.45) is 0 Å². The van der Waals surface area contributed by atoms with E-state index >= 15 is 0 Å². The van der Waals surface area contributed by atoms with Crippen LogP contribution in [0.3, 0.4) is 0 Å². The lowest BCUT2D eigenvalue weighted by molar-refractivity contribution is 0.122. The van der Waals surface area contributed by atoms with Crippen LogP contribution in [0.5, 0.6) is 0 Å². The maximum Gasteiger partial charge on any atom is 0.229 e. The van der Waals surface area contributed by atoms with Gasteiger partial charge in [-0.3, -0.25) is 4.72 Å². The molecule has 1 aromatic carbocycles. The van der Waals surface area contributed by atoms with Crippen LogP contribution in [0.25, 0.3) is 16.8 Å². The molecule has 0 unspecified atom stereocenters. The highest BCUT2D eigenvalue weighted by Crippen LogP contribution is 2.28. The van der Waals surface area contributed by atoms with Crippen molar-refractivity contribution in [2.45, 2.75) is 0 Å². The summed E-state index contributed by atoms with van der Waals surface area (Å²) in [5, 5.41) is 4.51. The standard InChI is InChI=1S/C17H19N5O3S/c1-26(23,24)20-14-4-2-3-13(11-14)15-12-19-22-16(5-6-18-17(15)22)21-7-9-25-10-8-21/h2-6,11-12,20H,7-10H2,1H3. The van der Waals surface area contributed by atoms with Crippen LogP contribution in [-0.2, 0) is 14.8 Å². The molecule has 1 aliphatic rings. The molecule has 0 saturated carbocycles. The zero-order valence-corrected chi connectivity index (χ0v) is 15.1. The molecule has 3 aromatic rings. The van der Waals surface area contributed by atoms with Crippen molar-refractivity contribution in [1.82, 2.24) is 14.6 Å². The molecule has 1 aliphatic heterocycles. The normalized spacial score (nSPS) is 15.3. The molecule has 26 heavy (non-hydrogen) atoms. The molecule has 4 rings (SSSR count). The number of hydrogen-bond donors (Lipinski definition) is 1. The van der Waals surface area contributed by atoms with Crippen LogP contribution in [-0.4, -0.2) is 55.6 Å². The van der Waals surface area contributed by atoms with Crippen molar-refractivity contribution >= 4 is 27.2 Å². The zero-order valence-electron chi connectivity index (χ0n) is 14.3. The highest BCUT2D eigenvalue weighted by molar-refractivity contribution is 7.92. The predicted octanol–water partition coefficient (Wildman–Crippen LogP) is 1.60. The van der Waals surface area contributed by atoms with Crippen molar-refractivity contribution in [3.8, 4) is 11.1 Å². The minimum atomic E-state index is -3.33. The lowest BCUT2D eigenvalue weighted by Crippen LogP contribution is -2.37. The maximum atomic E-state index is 11.5. The highest BCUT2D eigenvalue weighted by atomic mass is 32.2. The Morgan fingerprint density at radius 2 is 2.00 bits per heavy atom. The van der Waals surface area contributed by atoms with Crippen LogP contribution in [0, 0.1) is 0 Å². The van der Waals surface area contributed by atoms with Crippen molar-refractivity contribution in [2.75, 3.05) is 42.2 Å². The van der Waals surface area contributed by atoms with Crippen molar-refractivity contribution in [3.63, 3.8) is 0 Å². The van der Waals surface area contributed by atoms with Gasteiger partial charge in [-0.1, -0.05) is 12.1 Å². The molecule has 136 valence electrons. The van der Waals surface area contributed by atoms with E-state index in [0.29, 0.717) is 18.9 Å². The lowest BCUT2D eigenvalue weighted by Gasteiger charge is -2.28. The highest BCUT2D eigenvalue weighted by Gasteiger charge is 2.17. The van der Waals surface area contributed by atoms with E-state index in [-0.39, 0.29) is 0 Å². The number of sulfonamides is 1. The van der Waals surface area contributed by atoms with Crippen LogP contribution in [0.1, 0.15) is 0 Å². The molecule has 0 amide bonds. The molecule has 1 N–H and O–H groups in total. The van der Waals surface area contributed by atoms with Gasteiger partial charge in [-0.2, -0.15) is 9.61 Å². The Labute approximate surface area is 151 Å². The minimum Gasteiger partial charge on any atom is -0.378 e. The van der Waals surface area contributed by atoms with E-state index in [1.165, 1.54) is 0 Å². The fourth-order valence-electron chi connectivity index (χ4n) is 3.08. The number of fused-ring (bicyclic) bond motifs is 1. The van der Waals surface area contributed by atoms with E-state index in [1.54, 1.807) is 30.6 Å². The van der Waals surface area contributed by atoms with Gasteiger partial charge in [0.05, 0.1) is 25.7 Å². The van der Waals surface area contributed by atoms with E-state index in [9.17, 15) is 8.42 Å². The van der Waals surface area contributed by atoms with Crippen molar-refractivity contribution < 1.29 is 13.2 Å². The van der Waals surface area contributed by atoms with Crippen LogP contribution in [0.15, 0.2) is 42.7 Å². The Morgan fingerprint density at radius 1 is 1.19 bits per heavy atom. The fourth-order valence-corrected chi connectivity index (χ4v) is 3.63. The molecule has 9 heteroatoms. The van der Waals surface area contributed by atoms with Gasteiger partial charge in [0.15, 0.2) is 5.65 Å². The number of aromatic nitrogens is 3. The summed E-state index contributed by atoms with van der Waals surface area (Å²) in [5.41, 5.74) is 2.93. The monoisotopic (exact) mass is 373 g/mol. The third-order valence-electron chi connectivity index (χ3n) is 4.19. The van der Waals surface area contributed by atoms with Gasteiger partial charge in [-0.25, -0.2) is 13.4 Å². The summed E-state index contributed by atoms with van der Waals surface area (Å²) in [5.74, 6) is 0.968. The number of rotatable bonds is 4. The van der Waals surface area contributed by atoms with E-state index in [1.807, 2.05) is 16.6 Å². The fraction of sp³-hybridized carbons (Fsp3) is 0.294. The molecule has 0 radical (unpaired) electrons. The van der Waals surface area contributed by atoms with Crippen molar-refractivity contribution in [3.05, 3.63) is 42.7 Å².